The Morgan fingerprint density at radius 1 is 0.975 bits per heavy atom. The molecule has 0 unspecified atom stereocenters. The Labute approximate surface area is 233 Å². The van der Waals surface area contributed by atoms with E-state index in [1.165, 1.54) is 25.4 Å². The lowest BCUT2D eigenvalue weighted by molar-refractivity contribution is -0.139. The zero-order chi connectivity index (χ0) is 28.2. The van der Waals surface area contributed by atoms with Gasteiger partial charge in [-0.2, -0.15) is 13.2 Å². The molecule has 4 rings (SSSR count). The predicted octanol–water partition coefficient (Wildman–Crippen LogP) is 6.14. The van der Waals surface area contributed by atoms with Crippen LogP contribution in [0.3, 0.4) is 0 Å². The summed E-state index contributed by atoms with van der Waals surface area (Å²) in [7, 11) is -3.22. The molecule has 0 atom stereocenters. The standard InChI is InChI=1S/C26H23F4N3O5S.ClH/c1-36-23-14-17-20(15-24(23)37-12-4-10-31)32-11-9-21(17)38-22-8-7-16(13-19(22)27)33-39(34,35)25-6-3-2-5-18(25)26(28,29)30;/h2-3,5-9,11,13-15,33H,4,10,12,31H2,1H3;1H. The molecule has 0 saturated heterocycles. The van der Waals surface area contributed by atoms with E-state index in [0.717, 1.165) is 30.3 Å². The highest BCUT2D eigenvalue weighted by Gasteiger charge is 2.37. The molecule has 0 saturated carbocycles. The van der Waals surface area contributed by atoms with Gasteiger partial charge in [-0.3, -0.25) is 9.71 Å². The smallest absolute Gasteiger partial charge is 0.417 e. The number of alkyl halides is 3. The minimum Gasteiger partial charge on any atom is -0.493 e. The Hall–Kier alpha value is -3.81. The van der Waals surface area contributed by atoms with Gasteiger partial charge >= 0.3 is 6.18 Å². The van der Waals surface area contributed by atoms with Crippen molar-refractivity contribution in [2.24, 2.45) is 5.73 Å². The Bertz CT molecular complexity index is 1600. The van der Waals surface area contributed by atoms with Crippen LogP contribution in [0.25, 0.3) is 10.9 Å². The topological polar surface area (TPSA) is 113 Å². The van der Waals surface area contributed by atoms with Gasteiger partial charge in [0, 0.05) is 23.7 Å². The van der Waals surface area contributed by atoms with Crippen molar-refractivity contribution in [1.82, 2.24) is 4.98 Å². The van der Waals surface area contributed by atoms with Crippen molar-refractivity contribution < 1.29 is 40.2 Å². The van der Waals surface area contributed by atoms with E-state index in [1.807, 2.05) is 4.72 Å². The minimum absolute atomic E-state index is 0. The quantitative estimate of drug-likeness (QED) is 0.166. The van der Waals surface area contributed by atoms with Crippen molar-refractivity contribution in [3.05, 3.63) is 78.2 Å². The number of methoxy groups -OCH3 is 1. The van der Waals surface area contributed by atoms with E-state index >= 15 is 0 Å². The Balaban J connectivity index is 0.00000441. The van der Waals surface area contributed by atoms with E-state index < -0.39 is 32.5 Å². The SMILES string of the molecule is COc1cc2c(Oc3ccc(NS(=O)(=O)c4ccccc4C(F)(F)F)cc3F)ccnc2cc1OCCCN.Cl. The molecule has 1 aromatic heterocycles. The Kier molecular flexibility index (Phi) is 9.66. The van der Waals surface area contributed by atoms with Crippen molar-refractivity contribution in [1.29, 1.82) is 0 Å². The van der Waals surface area contributed by atoms with Gasteiger partial charge in [0.15, 0.2) is 23.1 Å². The van der Waals surface area contributed by atoms with Crippen LogP contribution in [-0.4, -0.2) is 33.7 Å². The van der Waals surface area contributed by atoms with Crippen molar-refractivity contribution in [3.63, 3.8) is 0 Å². The first-order valence-corrected chi connectivity index (χ1v) is 13.0. The van der Waals surface area contributed by atoms with Gasteiger partial charge < -0.3 is 19.9 Å². The number of halogens is 5. The summed E-state index contributed by atoms with van der Waals surface area (Å²) in [5.41, 5.74) is 4.34. The number of hydrogen-bond acceptors (Lipinski definition) is 7. The van der Waals surface area contributed by atoms with Crippen molar-refractivity contribution in [2.45, 2.75) is 17.5 Å². The molecule has 3 aromatic carbocycles. The molecule has 8 nitrogen and oxygen atoms in total. The van der Waals surface area contributed by atoms with Crippen LogP contribution < -0.4 is 24.7 Å². The number of pyridine rings is 1. The van der Waals surface area contributed by atoms with Gasteiger partial charge in [0.1, 0.15) is 5.75 Å². The van der Waals surface area contributed by atoms with Gasteiger partial charge in [-0.05, 0) is 49.4 Å². The molecule has 0 bridgehead atoms. The van der Waals surface area contributed by atoms with Crippen molar-refractivity contribution in [2.75, 3.05) is 25.0 Å². The number of nitrogens with two attached hydrogens (primary N) is 1. The molecule has 214 valence electrons. The maximum atomic E-state index is 15.0. The third kappa shape index (κ3) is 6.84. The van der Waals surface area contributed by atoms with Crippen molar-refractivity contribution >= 4 is 39.0 Å². The minimum atomic E-state index is -4.90. The summed E-state index contributed by atoms with van der Waals surface area (Å²) in [5.74, 6) is -0.167. The summed E-state index contributed by atoms with van der Waals surface area (Å²) >= 11 is 0. The number of hydrogen-bond donors (Lipinski definition) is 2. The lowest BCUT2D eigenvalue weighted by atomic mass is 10.1. The molecular weight excluding hydrogens is 578 g/mol. The molecule has 14 heteroatoms. The summed E-state index contributed by atoms with van der Waals surface area (Å²) < 4.78 is 99.0. The van der Waals surface area contributed by atoms with Crippen LogP contribution in [0.15, 0.2) is 71.8 Å². The highest BCUT2D eigenvalue weighted by molar-refractivity contribution is 7.92. The molecule has 0 fully saturated rings. The van der Waals surface area contributed by atoms with Crippen LogP contribution in [0.4, 0.5) is 23.2 Å². The van der Waals surface area contributed by atoms with Gasteiger partial charge in [-0.1, -0.05) is 12.1 Å². The molecule has 0 aliphatic rings. The molecule has 0 aliphatic heterocycles. The van der Waals surface area contributed by atoms with E-state index in [1.54, 1.807) is 12.1 Å². The average molecular weight is 602 g/mol. The van der Waals surface area contributed by atoms with E-state index in [9.17, 15) is 26.0 Å². The van der Waals surface area contributed by atoms with E-state index in [-0.39, 0.29) is 29.6 Å². The first-order valence-electron chi connectivity index (χ1n) is 11.5. The van der Waals surface area contributed by atoms with Gasteiger partial charge in [0.05, 0.1) is 35.4 Å². The Morgan fingerprint density at radius 3 is 2.40 bits per heavy atom. The first-order chi connectivity index (χ1) is 18.5. The van der Waals surface area contributed by atoms with E-state index in [4.69, 9.17) is 19.9 Å². The summed E-state index contributed by atoms with van der Waals surface area (Å²) in [6.45, 7) is 0.830. The summed E-state index contributed by atoms with van der Waals surface area (Å²) in [6.07, 6.45) is -2.81. The predicted molar refractivity (Wildman–Crippen MR) is 143 cm³/mol. The summed E-state index contributed by atoms with van der Waals surface area (Å²) in [6, 6.07) is 11.6. The fourth-order valence-electron chi connectivity index (χ4n) is 3.67. The number of anilines is 1. The molecule has 0 aliphatic carbocycles. The number of nitrogens with one attached hydrogen (secondary N) is 1. The van der Waals surface area contributed by atoms with Gasteiger partial charge in [-0.15, -0.1) is 12.4 Å². The number of benzene rings is 3. The number of aromatic nitrogens is 1. The van der Waals surface area contributed by atoms with Gasteiger partial charge in [0.25, 0.3) is 10.0 Å². The molecule has 0 amide bonds. The highest BCUT2D eigenvalue weighted by atomic mass is 35.5. The second kappa shape index (κ2) is 12.6. The number of nitrogens with zero attached hydrogens (tertiary/aromatic N) is 1. The number of fused-ring (bicyclic) bond motifs is 1. The zero-order valence-corrected chi connectivity index (χ0v) is 22.5. The molecule has 4 aromatic rings. The average Bonchev–Trinajstić information content (AvgIpc) is 2.89. The third-order valence-electron chi connectivity index (χ3n) is 5.48. The molecular formula is C26H24ClF4N3O5S. The second-order valence-electron chi connectivity index (χ2n) is 8.17. The van der Waals surface area contributed by atoms with E-state index in [2.05, 4.69) is 4.98 Å². The molecule has 3 N–H and O–H groups in total. The fourth-order valence-corrected chi connectivity index (χ4v) is 4.94. The normalized spacial score (nSPS) is 11.6. The first kappa shape index (κ1) is 30.7. The summed E-state index contributed by atoms with van der Waals surface area (Å²) in [5, 5.41) is 0.480. The fraction of sp³-hybridized carbons (Fsp3) is 0.192. The van der Waals surface area contributed by atoms with Gasteiger partial charge in [-0.25, -0.2) is 12.8 Å². The molecule has 0 radical (unpaired) electrons. The zero-order valence-electron chi connectivity index (χ0n) is 20.9. The Morgan fingerprint density at radius 2 is 1.73 bits per heavy atom. The summed E-state index contributed by atoms with van der Waals surface area (Å²) in [4.78, 5) is 3.30. The molecule has 0 spiro atoms. The second-order valence-corrected chi connectivity index (χ2v) is 9.82. The lowest BCUT2D eigenvalue weighted by Gasteiger charge is -2.15. The molecule has 1 heterocycles. The number of rotatable bonds is 10. The van der Waals surface area contributed by atoms with Crippen LogP contribution in [0.2, 0.25) is 0 Å². The van der Waals surface area contributed by atoms with Crippen molar-refractivity contribution in [3.8, 4) is 23.0 Å². The van der Waals surface area contributed by atoms with Crippen LogP contribution >= 0.6 is 12.4 Å². The monoisotopic (exact) mass is 601 g/mol. The molecule has 40 heavy (non-hydrogen) atoms. The van der Waals surface area contributed by atoms with Crippen LogP contribution in [0, 0.1) is 5.82 Å². The third-order valence-corrected chi connectivity index (χ3v) is 6.92. The highest BCUT2D eigenvalue weighted by Crippen LogP contribution is 2.38. The van der Waals surface area contributed by atoms with Crippen LogP contribution in [0.1, 0.15) is 12.0 Å². The number of ether oxygens (including phenoxy) is 3. The van der Waals surface area contributed by atoms with Gasteiger partial charge in [0.2, 0.25) is 0 Å². The maximum absolute atomic E-state index is 15.0. The number of sulfonamides is 1. The maximum Gasteiger partial charge on any atom is 0.417 e. The lowest BCUT2D eigenvalue weighted by Crippen LogP contribution is -2.19. The van der Waals surface area contributed by atoms with Crippen LogP contribution in [-0.2, 0) is 16.2 Å². The largest absolute Gasteiger partial charge is 0.493 e. The van der Waals surface area contributed by atoms with Crippen LogP contribution in [0.5, 0.6) is 23.0 Å². The van der Waals surface area contributed by atoms with E-state index in [0.29, 0.717) is 48.0 Å².